The molecule has 1 fully saturated rings. The Morgan fingerprint density at radius 3 is 3.00 bits per heavy atom. The zero-order valence-corrected chi connectivity index (χ0v) is 9.99. The van der Waals surface area contributed by atoms with E-state index in [1.807, 2.05) is 6.07 Å². The van der Waals surface area contributed by atoms with Crippen LogP contribution in [0.5, 0.6) is 0 Å². The van der Waals surface area contributed by atoms with Gasteiger partial charge in [-0.3, -0.25) is 4.79 Å². The molecule has 0 aromatic heterocycles. The van der Waals surface area contributed by atoms with E-state index >= 15 is 0 Å². The van der Waals surface area contributed by atoms with E-state index in [0.29, 0.717) is 6.04 Å². The summed E-state index contributed by atoms with van der Waals surface area (Å²) in [5.41, 5.74) is 3.04. The molecular weight excluding hydrogens is 214 g/mol. The molecule has 90 valence electrons. The van der Waals surface area contributed by atoms with Crippen LogP contribution in [0.3, 0.4) is 0 Å². The molecule has 0 radical (unpaired) electrons. The van der Waals surface area contributed by atoms with Crippen molar-refractivity contribution in [1.82, 2.24) is 10.2 Å². The maximum Gasteiger partial charge on any atom is 0.251 e. The maximum atomic E-state index is 11.7. The predicted molar refractivity (Wildman–Crippen MR) is 67.4 cm³/mol. The molecule has 2 aliphatic heterocycles. The summed E-state index contributed by atoms with van der Waals surface area (Å²) in [7, 11) is 2.11. The van der Waals surface area contributed by atoms with Gasteiger partial charge in [0.1, 0.15) is 0 Å². The quantitative estimate of drug-likeness (QED) is 0.787. The molecule has 1 amide bonds. The lowest BCUT2D eigenvalue weighted by atomic mass is 9.99. The van der Waals surface area contributed by atoms with Crippen LogP contribution in [0, 0.1) is 0 Å². The third kappa shape index (κ3) is 2.00. The van der Waals surface area contributed by atoms with Gasteiger partial charge in [-0.1, -0.05) is 6.07 Å². The number of amides is 1. The summed E-state index contributed by atoms with van der Waals surface area (Å²) < 4.78 is 0. The van der Waals surface area contributed by atoms with Crippen LogP contribution >= 0.6 is 0 Å². The largest absolute Gasteiger partial charge is 0.380 e. The topological polar surface area (TPSA) is 44.4 Å². The maximum absolute atomic E-state index is 11.7. The van der Waals surface area contributed by atoms with Crippen molar-refractivity contribution < 1.29 is 4.79 Å². The molecule has 17 heavy (non-hydrogen) atoms. The predicted octanol–water partition coefficient (Wildman–Crippen LogP) is 0.698. The Kier molecular flexibility index (Phi) is 2.52. The van der Waals surface area contributed by atoms with E-state index in [-0.39, 0.29) is 5.91 Å². The first kappa shape index (κ1) is 10.6. The highest BCUT2D eigenvalue weighted by atomic mass is 16.1. The van der Waals surface area contributed by atoms with Crippen molar-refractivity contribution in [3.05, 3.63) is 29.3 Å². The molecule has 2 aliphatic rings. The zero-order chi connectivity index (χ0) is 11.8. The number of fused-ring (bicyclic) bond motifs is 1. The molecule has 0 spiro atoms. The minimum absolute atomic E-state index is 0.0561. The van der Waals surface area contributed by atoms with Crippen LogP contribution in [0.2, 0.25) is 0 Å². The van der Waals surface area contributed by atoms with E-state index in [1.165, 1.54) is 0 Å². The number of hydrogen-bond donors (Lipinski definition) is 2. The SMILES string of the molecule is CN1CC(Nc2ccc3c(c2)C(=O)NCC3)C1. The summed E-state index contributed by atoms with van der Waals surface area (Å²) >= 11 is 0. The van der Waals surface area contributed by atoms with Crippen LogP contribution in [-0.2, 0) is 6.42 Å². The third-order valence-corrected chi connectivity index (χ3v) is 3.47. The molecule has 4 nitrogen and oxygen atoms in total. The third-order valence-electron chi connectivity index (χ3n) is 3.47. The van der Waals surface area contributed by atoms with Crippen molar-refractivity contribution in [2.24, 2.45) is 0 Å². The number of carbonyl (C=O) groups excluding carboxylic acids is 1. The minimum Gasteiger partial charge on any atom is -0.380 e. The van der Waals surface area contributed by atoms with Crippen LogP contribution in [0.15, 0.2) is 18.2 Å². The molecule has 0 saturated carbocycles. The van der Waals surface area contributed by atoms with Gasteiger partial charge in [-0.15, -0.1) is 0 Å². The van der Waals surface area contributed by atoms with Gasteiger partial charge in [-0.2, -0.15) is 0 Å². The van der Waals surface area contributed by atoms with Gasteiger partial charge in [0.15, 0.2) is 0 Å². The molecular formula is C13H17N3O. The van der Waals surface area contributed by atoms with Gasteiger partial charge in [0.2, 0.25) is 0 Å². The van der Waals surface area contributed by atoms with Crippen molar-refractivity contribution in [2.75, 3.05) is 32.0 Å². The summed E-state index contributed by atoms with van der Waals surface area (Å²) in [5, 5.41) is 6.34. The van der Waals surface area contributed by atoms with Crippen LogP contribution < -0.4 is 10.6 Å². The number of likely N-dealkylation sites (N-methyl/N-ethyl adjacent to an activating group) is 1. The Hall–Kier alpha value is -1.55. The van der Waals surface area contributed by atoms with Crippen LogP contribution in [-0.4, -0.2) is 43.5 Å². The summed E-state index contributed by atoms with van der Waals surface area (Å²) in [6, 6.07) is 6.64. The average molecular weight is 231 g/mol. The van der Waals surface area contributed by atoms with Crippen molar-refractivity contribution in [3.8, 4) is 0 Å². The second-order valence-corrected chi connectivity index (χ2v) is 4.94. The first-order valence-electron chi connectivity index (χ1n) is 6.08. The van der Waals surface area contributed by atoms with Gasteiger partial charge in [0.05, 0.1) is 6.04 Å². The lowest BCUT2D eigenvalue weighted by Gasteiger charge is -2.37. The fourth-order valence-corrected chi connectivity index (χ4v) is 2.53. The molecule has 1 aromatic rings. The second kappa shape index (κ2) is 4.04. The zero-order valence-electron chi connectivity index (χ0n) is 9.99. The van der Waals surface area contributed by atoms with E-state index in [9.17, 15) is 4.79 Å². The molecule has 2 N–H and O–H groups in total. The van der Waals surface area contributed by atoms with Crippen molar-refractivity contribution >= 4 is 11.6 Å². The molecule has 0 bridgehead atoms. The molecule has 3 rings (SSSR count). The van der Waals surface area contributed by atoms with Gasteiger partial charge in [0, 0.05) is 30.9 Å². The Bertz CT molecular complexity index is 452. The highest BCUT2D eigenvalue weighted by Crippen LogP contribution is 2.21. The van der Waals surface area contributed by atoms with E-state index in [0.717, 1.165) is 42.9 Å². The van der Waals surface area contributed by atoms with E-state index < -0.39 is 0 Å². The normalized spacial score (nSPS) is 20.4. The van der Waals surface area contributed by atoms with Crippen LogP contribution in [0.1, 0.15) is 15.9 Å². The molecule has 0 aliphatic carbocycles. The number of benzene rings is 1. The number of carbonyl (C=O) groups is 1. The lowest BCUT2D eigenvalue weighted by Crippen LogP contribution is -2.52. The Balaban J connectivity index is 1.78. The number of nitrogens with one attached hydrogen (secondary N) is 2. The number of rotatable bonds is 2. The monoisotopic (exact) mass is 231 g/mol. The van der Waals surface area contributed by atoms with Gasteiger partial charge in [-0.05, 0) is 31.2 Å². The summed E-state index contributed by atoms with van der Waals surface area (Å²) in [4.78, 5) is 14.0. The number of hydrogen-bond acceptors (Lipinski definition) is 3. The number of nitrogens with zero attached hydrogens (tertiary/aromatic N) is 1. The lowest BCUT2D eigenvalue weighted by molar-refractivity contribution is 0.0946. The molecule has 0 unspecified atom stereocenters. The first-order valence-corrected chi connectivity index (χ1v) is 6.08. The van der Waals surface area contributed by atoms with Crippen LogP contribution in [0.25, 0.3) is 0 Å². The first-order chi connectivity index (χ1) is 8.22. The smallest absolute Gasteiger partial charge is 0.251 e. The van der Waals surface area contributed by atoms with E-state index in [2.05, 4.69) is 34.7 Å². The summed E-state index contributed by atoms with van der Waals surface area (Å²) in [6.45, 7) is 2.90. The standard InChI is InChI=1S/C13H17N3O/c1-16-7-11(8-16)15-10-3-2-9-4-5-14-13(17)12(9)6-10/h2-3,6,11,15H,4-5,7-8H2,1H3,(H,14,17). The van der Waals surface area contributed by atoms with E-state index in [4.69, 9.17) is 0 Å². The summed E-state index contributed by atoms with van der Waals surface area (Å²) in [5.74, 6) is 0.0561. The highest BCUT2D eigenvalue weighted by Gasteiger charge is 2.23. The Labute approximate surface area is 101 Å². The second-order valence-electron chi connectivity index (χ2n) is 4.94. The molecule has 2 heterocycles. The molecule has 4 heteroatoms. The fourth-order valence-electron chi connectivity index (χ4n) is 2.53. The van der Waals surface area contributed by atoms with Crippen molar-refractivity contribution in [2.45, 2.75) is 12.5 Å². The average Bonchev–Trinajstić information content (AvgIpc) is 2.28. The molecule has 0 atom stereocenters. The molecule has 1 aromatic carbocycles. The number of likely N-dealkylation sites (tertiary alicyclic amines) is 1. The van der Waals surface area contributed by atoms with E-state index in [1.54, 1.807) is 0 Å². The van der Waals surface area contributed by atoms with Gasteiger partial charge in [0.25, 0.3) is 5.91 Å². The van der Waals surface area contributed by atoms with Crippen LogP contribution in [0.4, 0.5) is 5.69 Å². The van der Waals surface area contributed by atoms with Crippen molar-refractivity contribution in [1.29, 1.82) is 0 Å². The number of anilines is 1. The summed E-state index contributed by atoms with van der Waals surface area (Å²) in [6.07, 6.45) is 0.938. The fraction of sp³-hybridized carbons (Fsp3) is 0.462. The minimum atomic E-state index is 0.0561. The molecule has 1 saturated heterocycles. The highest BCUT2D eigenvalue weighted by molar-refractivity contribution is 5.97. The Morgan fingerprint density at radius 1 is 1.41 bits per heavy atom. The van der Waals surface area contributed by atoms with Gasteiger partial charge < -0.3 is 15.5 Å². The van der Waals surface area contributed by atoms with Gasteiger partial charge >= 0.3 is 0 Å². The van der Waals surface area contributed by atoms with Gasteiger partial charge in [-0.25, -0.2) is 0 Å². The Morgan fingerprint density at radius 2 is 2.24 bits per heavy atom. The van der Waals surface area contributed by atoms with Crippen molar-refractivity contribution in [3.63, 3.8) is 0 Å².